The molecule has 4 N–H and O–H groups in total. The number of benzene rings is 1. The first-order valence-electron chi connectivity index (χ1n) is 12.4. The zero-order chi connectivity index (χ0) is 26.8. The van der Waals surface area contributed by atoms with Crippen molar-refractivity contribution in [2.75, 3.05) is 26.2 Å². The van der Waals surface area contributed by atoms with Crippen LogP contribution in [-0.4, -0.2) is 59.6 Å². The van der Waals surface area contributed by atoms with Gasteiger partial charge in [0.25, 0.3) is 0 Å². The highest BCUT2D eigenvalue weighted by molar-refractivity contribution is 7.80. The molecule has 2 rings (SSSR count). The van der Waals surface area contributed by atoms with E-state index in [1.165, 1.54) is 0 Å². The molecule has 0 fully saturated rings. The fourth-order valence-corrected chi connectivity index (χ4v) is 4.04. The fraction of sp³-hybridized carbons (Fsp3) is 0.556. The van der Waals surface area contributed by atoms with Gasteiger partial charge in [0.05, 0.1) is 11.3 Å². The van der Waals surface area contributed by atoms with E-state index in [2.05, 4.69) is 16.0 Å². The van der Waals surface area contributed by atoms with Gasteiger partial charge >= 0.3 is 6.09 Å². The maximum Gasteiger partial charge on any atom is 0.407 e. The van der Waals surface area contributed by atoms with E-state index in [0.29, 0.717) is 68.3 Å². The second-order valence-electron chi connectivity index (χ2n) is 10.7. The van der Waals surface area contributed by atoms with Crippen LogP contribution in [0.2, 0.25) is 0 Å². The number of ketones is 1. The summed E-state index contributed by atoms with van der Waals surface area (Å²) in [7, 11) is 0. The quantitative estimate of drug-likeness (QED) is 0.209. The summed E-state index contributed by atoms with van der Waals surface area (Å²) < 4.78 is 5.18. The first-order chi connectivity index (χ1) is 16.9. The van der Waals surface area contributed by atoms with Gasteiger partial charge in [-0.15, -0.1) is 0 Å². The second kappa shape index (κ2) is 13.4. The van der Waals surface area contributed by atoms with Crippen molar-refractivity contribution in [2.45, 2.75) is 65.9 Å². The van der Waals surface area contributed by atoms with Crippen molar-refractivity contribution in [2.24, 2.45) is 10.4 Å². The minimum absolute atomic E-state index is 0.0538. The Morgan fingerprint density at radius 3 is 2.36 bits per heavy atom. The van der Waals surface area contributed by atoms with Crippen LogP contribution in [0, 0.1) is 5.41 Å². The van der Waals surface area contributed by atoms with Gasteiger partial charge in [-0.3, -0.25) is 9.79 Å². The van der Waals surface area contributed by atoms with Gasteiger partial charge in [0.1, 0.15) is 11.4 Å². The topological polar surface area (TPSA) is 112 Å². The molecule has 8 nitrogen and oxygen atoms in total. The Kier molecular flexibility index (Phi) is 10.9. The summed E-state index contributed by atoms with van der Waals surface area (Å²) in [5, 5.41) is 20.0. The van der Waals surface area contributed by atoms with Gasteiger partial charge in [0.2, 0.25) is 0 Å². The van der Waals surface area contributed by atoms with Crippen LogP contribution in [0.5, 0.6) is 0 Å². The Morgan fingerprint density at radius 1 is 1.08 bits per heavy atom. The molecule has 36 heavy (non-hydrogen) atoms. The van der Waals surface area contributed by atoms with Crippen molar-refractivity contribution in [3.8, 4) is 0 Å². The molecule has 0 heterocycles. The number of allylic oxidation sites excluding steroid dienone is 2. The molecule has 0 saturated carbocycles. The molecular formula is C27H40N4O4S. The summed E-state index contributed by atoms with van der Waals surface area (Å²) >= 11 is 5.28. The van der Waals surface area contributed by atoms with Crippen LogP contribution in [0.25, 0.3) is 0 Å². The van der Waals surface area contributed by atoms with Gasteiger partial charge in [0, 0.05) is 45.4 Å². The number of thiocarbonyl (C=S) groups is 1. The highest BCUT2D eigenvalue weighted by Crippen LogP contribution is 2.36. The van der Waals surface area contributed by atoms with E-state index in [0.717, 1.165) is 5.56 Å². The van der Waals surface area contributed by atoms with Gasteiger partial charge in [-0.05, 0) is 50.4 Å². The lowest BCUT2D eigenvalue weighted by Crippen LogP contribution is -2.41. The molecular weight excluding hydrogens is 476 g/mol. The van der Waals surface area contributed by atoms with Crippen LogP contribution in [-0.2, 0) is 16.0 Å². The van der Waals surface area contributed by atoms with E-state index in [1.807, 2.05) is 65.0 Å². The van der Waals surface area contributed by atoms with Crippen LogP contribution >= 0.6 is 12.2 Å². The summed E-state index contributed by atoms with van der Waals surface area (Å²) in [6.07, 6.45) is 1.58. The zero-order valence-corrected chi connectivity index (χ0v) is 22.9. The number of carbonyl (C=O) groups excluding carboxylic acids is 2. The van der Waals surface area contributed by atoms with E-state index in [4.69, 9.17) is 21.9 Å². The van der Waals surface area contributed by atoms with Crippen molar-refractivity contribution in [3.63, 3.8) is 0 Å². The van der Waals surface area contributed by atoms with Gasteiger partial charge in [0.15, 0.2) is 10.9 Å². The first-order valence-corrected chi connectivity index (χ1v) is 12.8. The van der Waals surface area contributed by atoms with Crippen LogP contribution in [0.3, 0.4) is 0 Å². The summed E-state index contributed by atoms with van der Waals surface area (Å²) in [4.78, 5) is 29.3. The molecule has 198 valence electrons. The zero-order valence-electron chi connectivity index (χ0n) is 22.1. The molecule has 0 aliphatic heterocycles. The van der Waals surface area contributed by atoms with Crippen molar-refractivity contribution in [1.82, 2.24) is 16.0 Å². The average Bonchev–Trinajstić information content (AvgIpc) is 2.74. The summed E-state index contributed by atoms with van der Waals surface area (Å²) in [5.41, 5.74) is 1.26. The molecule has 9 heteroatoms. The number of hydrogen-bond donors (Lipinski definition) is 4. The van der Waals surface area contributed by atoms with Crippen molar-refractivity contribution in [3.05, 3.63) is 47.2 Å². The molecule has 1 aliphatic carbocycles. The Balaban J connectivity index is 1.85. The number of ether oxygens (including phenoxy) is 1. The van der Waals surface area contributed by atoms with Crippen molar-refractivity contribution in [1.29, 1.82) is 0 Å². The molecule has 0 aromatic heterocycles. The maximum absolute atomic E-state index is 12.9. The minimum Gasteiger partial charge on any atom is -0.511 e. The Hall–Kier alpha value is -2.94. The second-order valence-corrected chi connectivity index (χ2v) is 11.1. The number of hydrogen-bond acceptors (Lipinski definition) is 6. The van der Waals surface area contributed by atoms with Crippen molar-refractivity contribution >= 4 is 34.9 Å². The molecule has 0 unspecified atom stereocenters. The summed E-state index contributed by atoms with van der Waals surface area (Å²) in [6.45, 7) is 11.3. The normalized spacial score (nSPS) is 15.9. The lowest BCUT2D eigenvalue weighted by molar-refractivity contribution is -0.118. The molecule has 1 aromatic rings. The highest BCUT2D eigenvalue weighted by Gasteiger charge is 2.35. The van der Waals surface area contributed by atoms with Gasteiger partial charge in [-0.2, -0.15) is 0 Å². The van der Waals surface area contributed by atoms with Crippen molar-refractivity contribution < 1.29 is 19.4 Å². The van der Waals surface area contributed by atoms with Crippen LogP contribution < -0.4 is 16.0 Å². The van der Waals surface area contributed by atoms with Gasteiger partial charge < -0.3 is 25.8 Å². The lowest BCUT2D eigenvalue weighted by Gasteiger charge is -2.30. The summed E-state index contributed by atoms with van der Waals surface area (Å²) in [6, 6.07) is 9.84. The smallest absolute Gasteiger partial charge is 0.407 e. The number of amides is 1. The summed E-state index contributed by atoms with van der Waals surface area (Å²) in [5.74, 6) is 0.0800. The molecule has 0 saturated heterocycles. The predicted molar refractivity (Wildman–Crippen MR) is 148 cm³/mol. The Bertz CT molecular complexity index is 981. The number of aliphatic imine (C=N–C) groups is 1. The number of alkyl carbamates (subject to hydrolysis) is 1. The minimum atomic E-state index is -0.534. The van der Waals surface area contributed by atoms with E-state index in [9.17, 15) is 14.7 Å². The fourth-order valence-electron chi connectivity index (χ4n) is 3.84. The molecule has 1 aliphatic rings. The molecule has 0 atom stereocenters. The number of carbonyl (C=O) groups is 2. The monoisotopic (exact) mass is 516 g/mol. The number of Topliss-reactive ketones (excluding diaryl/α,β-unsaturated/α-hetero) is 1. The van der Waals surface area contributed by atoms with E-state index in [-0.39, 0.29) is 17.0 Å². The highest BCUT2D eigenvalue weighted by atomic mass is 32.1. The third-order valence-corrected chi connectivity index (χ3v) is 5.65. The molecule has 1 aromatic carbocycles. The standard InChI is InChI=1S/C27H40N4O4S/c1-26(2,3)35-25(34)31-15-14-30-24(36)29-13-9-12-28-20(16-19-10-7-6-8-11-19)23-21(32)17-27(4,5)18-22(23)33/h6-8,10-11,32H,9,12-18H2,1-5H3,(H,31,34)(H2,29,30,36). The Morgan fingerprint density at radius 2 is 1.72 bits per heavy atom. The lowest BCUT2D eigenvalue weighted by atomic mass is 9.75. The number of rotatable bonds is 10. The number of nitrogens with zero attached hydrogens (tertiary/aromatic N) is 1. The van der Waals surface area contributed by atoms with Crippen LogP contribution in [0.1, 0.15) is 59.4 Å². The van der Waals surface area contributed by atoms with E-state index in [1.54, 1.807) is 0 Å². The number of aliphatic hydroxyl groups excluding tert-OH is 1. The molecule has 0 spiro atoms. The third-order valence-electron chi connectivity index (χ3n) is 5.36. The van der Waals surface area contributed by atoms with Crippen LogP contribution in [0.15, 0.2) is 46.7 Å². The van der Waals surface area contributed by atoms with E-state index < -0.39 is 11.7 Å². The molecule has 0 bridgehead atoms. The van der Waals surface area contributed by atoms with Gasteiger partial charge in [-0.25, -0.2) is 4.79 Å². The predicted octanol–water partition coefficient (Wildman–Crippen LogP) is 4.25. The van der Waals surface area contributed by atoms with Gasteiger partial charge in [-0.1, -0.05) is 44.2 Å². The molecule has 1 amide bonds. The average molecular weight is 517 g/mol. The maximum atomic E-state index is 12.9. The number of aliphatic hydroxyl groups is 1. The van der Waals surface area contributed by atoms with Crippen LogP contribution in [0.4, 0.5) is 4.79 Å². The first kappa shape index (κ1) is 29.3. The molecule has 0 radical (unpaired) electrons. The third kappa shape index (κ3) is 10.8. The SMILES string of the molecule is CC1(C)CC(=O)C(C(Cc2ccccc2)=NCCCNC(=S)NCCNC(=O)OC(C)(C)C)=C(O)C1. The Labute approximate surface area is 220 Å². The largest absolute Gasteiger partial charge is 0.511 e. The van der Waals surface area contributed by atoms with E-state index >= 15 is 0 Å². The number of nitrogens with one attached hydrogen (secondary N) is 3.